The van der Waals surface area contributed by atoms with Gasteiger partial charge in [-0.1, -0.05) is 53.7 Å². The minimum Gasteiger partial charge on any atom is -0.460 e. The van der Waals surface area contributed by atoms with Crippen LogP contribution in [-0.2, 0) is 15.6 Å². The van der Waals surface area contributed by atoms with Crippen LogP contribution in [0.1, 0.15) is 76.4 Å². The Balaban J connectivity index is 1.82. The lowest BCUT2D eigenvalue weighted by molar-refractivity contribution is -0.226. The van der Waals surface area contributed by atoms with Crippen molar-refractivity contribution >= 4 is 26.6 Å². The molecule has 4 rings (SSSR count). The van der Waals surface area contributed by atoms with Gasteiger partial charge in [0, 0.05) is 0 Å². The Labute approximate surface area is 164 Å². The predicted molar refractivity (Wildman–Crippen MR) is 114 cm³/mol. The van der Waals surface area contributed by atoms with Gasteiger partial charge in [-0.05, 0) is 45.0 Å². The first-order valence-corrected chi connectivity index (χ1v) is 9.74. The van der Waals surface area contributed by atoms with E-state index < -0.39 is 12.6 Å². The standard InChI is InChI=1S/C22H28B2O3/c1-21(2,3)11-7-13-17(15(23)9-11)25-20-14-8-12(22(4,5)6)10-16(24)18(14)26-19(13)27-20/h7-10,19-20H,23-24H2,1-6H3. The zero-order valence-corrected chi connectivity index (χ0v) is 17.7. The maximum Gasteiger partial charge on any atom is 0.233 e. The Hall–Kier alpha value is -1.87. The normalized spacial score (nSPS) is 21.0. The quantitative estimate of drug-likeness (QED) is 0.674. The monoisotopic (exact) mass is 362 g/mol. The number of hydrogen-bond donors (Lipinski definition) is 0. The number of hydrogen-bond acceptors (Lipinski definition) is 3. The highest BCUT2D eigenvalue weighted by Crippen LogP contribution is 2.47. The molecule has 0 N–H and O–H groups in total. The number of rotatable bonds is 0. The van der Waals surface area contributed by atoms with Gasteiger partial charge in [-0.2, -0.15) is 0 Å². The van der Waals surface area contributed by atoms with Crippen LogP contribution in [0.15, 0.2) is 24.3 Å². The summed E-state index contributed by atoms with van der Waals surface area (Å²) < 4.78 is 18.9. The van der Waals surface area contributed by atoms with Gasteiger partial charge in [-0.25, -0.2) is 0 Å². The topological polar surface area (TPSA) is 27.7 Å². The summed E-state index contributed by atoms with van der Waals surface area (Å²) in [5, 5.41) is 0. The van der Waals surface area contributed by atoms with Crippen LogP contribution in [0.2, 0.25) is 0 Å². The number of ether oxygens (including phenoxy) is 3. The van der Waals surface area contributed by atoms with E-state index in [1.54, 1.807) is 0 Å². The molecule has 2 bridgehead atoms. The maximum atomic E-state index is 6.35. The van der Waals surface area contributed by atoms with Gasteiger partial charge in [0.2, 0.25) is 12.6 Å². The summed E-state index contributed by atoms with van der Waals surface area (Å²) >= 11 is 0. The van der Waals surface area contributed by atoms with Gasteiger partial charge in [0.25, 0.3) is 0 Å². The van der Waals surface area contributed by atoms with E-state index in [9.17, 15) is 0 Å². The van der Waals surface area contributed by atoms with Crippen molar-refractivity contribution in [2.75, 3.05) is 0 Å². The Bertz CT molecular complexity index is 847. The minimum atomic E-state index is -0.425. The van der Waals surface area contributed by atoms with Crippen molar-refractivity contribution in [1.29, 1.82) is 0 Å². The second kappa shape index (κ2) is 5.81. The SMILES string of the molecule is Bc1cc(C(C)(C)C)cc2c1OC1OC2Oc2c(B)cc(C(C)(C)C)cc21. The van der Waals surface area contributed by atoms with Gasteiger partial charge in [0.05, 0.1) is 11.1 Å². The van der Waals surface area contributed by atoms with Crippen LogP contribution < -0.4 is 20.4 Å². The summed E-state index contributed by atoms with van der Waals surface area (Å²) in [4.78, 5) is 0. The molecule has 2 unspecified atom stereocenters. The molecule has 2 atom stereocenters. The van der Waals surface area contributed by atoms with Gasteiger partial charge < -0.3 is 9.47 Å². The molecule has 0 aromatic heterocycles. The lowest BCUT2D eigenvalue weighted by atomic mass is 9.79. The molecule has 2 aromatic carbocycles. The molecule has 140 valence electrons. The van der Waals surface area contributed by atoms with E-state index in [4.69, 9.17) is 14.2 Å². The molecule has 0 aliphatic carbocycles. The molecule has 27 heavy (non-hydrogen) atoms. The molecule has 3 nitrogen and oxygen atoms in total. The molecule has 2 aliphatic rings. The third-order valence-corrected chi connectivity index (χ3v) is 5.54. The first-order chi connectivity index (χ1) is 12.4. The molecule has 0 amide bonds. The van der Waals surface area contributed by atoms with Crippen LogP contribution in [0, 0.1) is 0 Å². The van der Waals surface area contributed by atoms with Crippen molar-refractivity contribution in [3.8, 4) is 11.5 Å². The van der Waals surface area contributed by atoms with E-state index in [2.05, 4.69) is 81.5 Å². The molecule has 2 aromatic rings. The van der Waals surface area contributed by atoms with Crippen molar-refractivity contribution in [1.82, 2.24) is 0 Å². The van der Waals surface area contributed by atoms with Crippen LogP contribution in [0.5, 0.6) is 11.5 Å². The van der Waals surface area contributed by atoms with Gasteiger partial charge in [0.15, 0.2) is 0 Å². The second-order valence-electron chi connectivity index (χ2n) is 9.96. The summed E-state index contributed by atoms with van der Waals surface area (Å²) in [6, 6.07) is 8.79. The summed E-state index contributed by atoms with van der Waals surface area (Å²) in [7, 11) is 4.21. The lowest BCUT2D eigenvalue weighted by Crippen LogP contribution is -2.36. The zero-order valence-electron chi connectivity index (χ0n) is 17.7. The summed E-state index contributed by atoms with van der Waals surface area (Å²) in [6.07, 6.45) is -0.849. The van der Waals surface area contributed by atoms with Gasteiger partial charge >= 0.3 is 0 Å². The minimum absolute atomic E-state index is 0.0563. The van der Waals surface area contributed by atoms with Gasteiger partial charge in [0.1, 0.15) is 27.2 Å². The van der Waals surface area contributed by atoms with Crippen molar-refractivity contribution < 1.29 is 14.2 Å². The van der Waals surface area contributed by atoms with Crippen LogP contribution in [0.4, 0.5) is 0 Å². The molecule has 0 fully saturated rings. The van der Waals surface area contributed by atoms with Crippen LogP contribution in [0.25, 0.3) is 0 Å². The summed E-state index contributed by atoms with van der Waals surface area (Å²) in [5.74, 6) is 1.79. The Kier molecular flexibility index (Phi) is 3.98. The average molecular weight is 362 g/mol. The molecule has 0 saturated heterocycles. The highest BCUT2D eigenvalue weighted by molar-refractivity contribution is 6.35. The molecule has 0 saturated carbocycles. The molecule has 0 spiro atoms. The molecule has 5 heteroatoms. The number of fused-ring (bicyclic) bond motifs is 6. The van der Waals surface area contributed by atoms with E-state index in [1.807, 2.05) is 0 Å². The van der Waals surface area contributed by atoms with E-state index in [1.165, 1.54) is 11.1 Å². The summed E-state index contributed by atoms with van der Waals surface area (Å²) in [5.41, 5.74) is 6.87. The maximum absolute atomic E-state index is 6.35. The fourth-order valence-electron chi connectivity index (χ4n) is 3.80. The third-order valence-electron chi connectivity index (χ3n) is 5.54. The largest absolute Gasteiger partial charge is 0.460 e. The molecular formula is C22H28B2O3. The Morgan fingerprint density at radius 3 is 1.37 bits per heavy atom. The first-order valence-electron chi connectivity index (χ1n) is 9.74. The molecular weight excluding hydrogens is 334 g/mol. The lowest BCUT2D eigenvalue weighted by Gasteiger charge is -2.40. The highest BCUT2D eigenvalue weighted by Gasteiger charge is 2.40. The van der Waals surface area contributed by atoms with Crippen molar-refractivity contribution in [3.05, 3.63) is 46.5 Å². The van der Waals surface area contributed by atoms with E-state index in [-0.39, 0.29) is 10.8 Å². The fourth-order valence-corrected chi connectivity index (χ4v) is 3.80. The third kappa shape index (κ3) is 3.06. The average Bonchev–Trinajstić information content (AvgIpc) is 2.54. The first kappa shape index (κ1) is 18.5. The second-order valence-corrected chi connectivity index (χ2v) is 9.96. The summed E-state index contributed by atoms with van der Waals surface area (Å²) in [6.45, 7) is 13.3. The Morgan fingerprint density at radius 1 is 0.667 bits per heavy atom. The molecule has 0 radical (unpaired) electrons. The van der Waals surface area contributed by atoms with E-state index in [0.29, 0.717) is 0 Å². The zero-order chi connectivity index (χ0) is 19.7. The van der Waals surface area contributed by atoms with Gasteiger partial charge in [-0.3, -0.25) is 4.74 Å². The van der Waals surface area contributed by atoms with E-state index >= 15 is 0 Å². The van der Waals surface area contributed by atoms with E-state index in [0.717, 1.165) is 33.6 Å². The fraction of sp³-hybridized carbons (Fsp3) is 0.455. The Morgan fingerprint density at radius 2 is 1.04 bits per heavy atom. The van der Waals surface area contributed by atoms with Crippen molar-refractivity contribution in [2.24, 2.45) is 0 Å². The highest BCUT2D eigenvalue weighted by atomic mass is 16.8. The van der Waals surface area contributed by atoms with Crippen LogP contribution >= 0.6 is 0 Å². The molecule has 2 aliphatic heterocycles. The smallest absolute Gasteiger partial charge is 0.233 e. The molecule has 2 heterocycles. The van der Waals surface area contributed by atoms with Crippen molar-refractivity contribution in [2.45, 2.75) is 65.0 Å². The van der Waals surface area contributed by atoms with Crippen molar-refractivity contribution in [3.63, 3.8) is 0 Å². The predicted octanol–water partition coefficient (Wildman–Crippen LogP) is 2.30. The number of benzene rings is 2. The van der Waals surface area contributed by atoms with Crippen LogP contribution in [-0.4, -0.2) is 15.7 Å². The van der Waals surface area contributed by atoms with Crippen LogP contribution in [0.3, 0.4) is 0 Å². The van der Waals surface area contributed by atoms with Gasteiger partial charge in [-0.15, -0.1) is 0 Å².